The van der Waals surface area contributed by atoms with Gasteiger partial charge in [0.1, 0.15) is 24.7 Å². The summed E-state index contributed by atoms with van der Waals surface area (Å²) in [6.45, 7) is 1.26. The summed E-state index contributed by atoms with van der Waals surface area (Å²) < 4.78 is 27.5. The summed E-state index contributed by atoms with van der Waals surface area (Å²) in [5, 5.41) is 8.05. The highest BCUT2D eigenvalue weighted by atomic mass is 16.6. The molecule has 1 aliphatic rings. The number of methoxy groups -OCH3 is 1. The molecule has 0 amide bonds. The average molecular weight is 340 g/mol. The van der Waals surface area contributed by atoms with Gasteiger partial charge < -0.3 is 23.4 Å². The van der Waals surface area contributed by atoms with E-state index in [0.29, 0.717) is 36.5 Å². The lowest BCUT2D eigenvalue weighted by molar-refractivity contribution is 0.170. The third-order valence-corrected chi connectivity index (χ3v) is 3.68. The highest BCUT2D eigenvalue weighted by molar-refractivity contribution is 5.54. The predicted molar refractivity (Wildman–Crippen MR) is 88.1 cm³/mol. The van der Waals surface area contributed by atoms with Crippen LogP contribution in [0.1, 0.15) is 5.89 Å². The lowest BCUT2D eigenvalue weighted by Gasteiger charge is -2.18. The number of hydrogen-bond acceptors (Lipinski definition) is 7. The van der Waals surface area contributed by atoms with Crippen LogP contribution in [0.25, 0.3) is 11.5 Å². The summed E-state index contributed by atoms with van der Waals surface area (Å²) in [6, 6.07) is 12.8. The minimum atomic E-state index is 0.169. The first-order valence-electron chi connectivity index (χ1n) is 7.81. The van der Waals surface area contributed by atoms with E-state index < -0.39 is 0 Å². The molecule has 25 heavy (non-hydrogen) atoms. The quantitative estimate of drug-likeness (QED) is 0.706. The topological polar surface area (TPSA) is 75.8 Å². The summed E-state index contributed by atoms with van der Waals surface area (Å²) in [6.07, 6.45) is 0. The molecular weight excluding hydrogens is 324 g/mol. The maximum atomic E-state index is 5.69. The van der Waals surface area contributed by atoms with Crippen molar-refractivity contribution in [3.05, 3.63) is 48.4 Å². The SMILES string of the molecule is COc1ccc(-c2nnc(COc3ccc4c(c3)OCCO4)o2)cc1. The number of rotatable bonds is 5. The van der Waals surface area contributed by atoms with Crippen molar-refractivity contribution in [1.29, 1.82) is 0 Å². The van der Waals surface area contributed by atoms with Crippen LogP contribution in [-0.2, 0) is 6.61 Å². The first-order chi connectivity index (χ1) is 12.3. The third kappa shape index (κ3) is 3.35. The van der Waals surface area contributed by atoms with Gasteiger partial charge in [0, 0.05) is 11.6 Å². The Hall–Kier alpha value is -3.22. The monoisotopic (exact) mass is 340 g/mol. The van der Waals surface area contributed by atoms with E-state index >= 15 is 0 Å². The standard InChI is InChI=1S/C18H16N2O5/c1-21-13-4-2-12(3-5-13)18-20-19-17(25-18)11-24-14-6-7-15-16(10-14)23-9-8-22-15/h2-7,10H,8-9,11H2,1H3. The van der Waals surface area contributed by atoms with Crippen LogP contribution in [0.15, 0.2) is 46.9 Å². The van der Waals surface area contributed by atoms with Crippen LogP contribution in [0, 0.1) is 0 Å². The largest absolute Gasteiger partial charge is 0.497 e. The number of fused-ring (bicyclic) bond motifs is 1. The maximum Gasteiger partial charge on any atom is 0.254 e. The van der Waals surface area contributed by atoms with Gasteiger partial charge >= 0.3 is 0 Å². The van der Waals surface area contributed by atoms with Gasteiger partial charge in [-0.1, -0.05) is 0 Å². The number of benzene rings is 2. The zero-order chi connectivity index (χ0) is 17.1. The Bertz CT molecular complexity index is 860. The molecule has 0 saturated carbocycles. The molecule has 1 aliphatic heterocycles. The lowest BCUT2D eigenvalue weighted by atomic mass is 10.2. The van der Waals surface area contributed by atoms with Crippen LogP contribution in [0.5, 0.6) is 23.0 Å². The Morgan fingerprint density at radius 2 is 1.68 bits per heavy atom. The Morgan fingerprint density at radius 1 is 0.920 bits per heavy atom. The number of hydrogen-bond donors (Lipinski definition) is 0. The van der Waals surface area contributed by atoms with Crippen LogP contribution >= 0.6 is 0 Å². The second-order valence-corrected chi connectivity index (χ2v) is 5.32. The molecule has 0 unspecified atom stereocenters. The Kier molecular flexibility index (Phi) is 4.12. The van der Waals surface area contributed by atoms with Gasteiger partial charge in [-0.3, -0.25) is 0 Å². The molecule has 0 radical (unpaired) electrons. The molecule has 3 aromatic rings. The highest BCUT2D eigenvalue weighted by Crippen LogP contribution is 2.33. The molecule has 4 rings (SSSR count). The van der Waals surface area contributed by atoms with Crippen molar-refractivity contribution in [3.63, 3.8) is 0 Å². The molecule has 0 fully saturated rings. The van der Waals surface area contributed by atoms with Crippen LogP contribution < -0.4 is 18.9 Å². The smallest absolute Gasteiger partial charge is 0.254 e. The van der Waals surface area contributed by atoms with Gasteiger partial charge in [0.2, 0.25) is 5.89 Å². The lowest BCUT2D eigenvalue weighted by Crippen LogP contribution is -2.15. The van der Waals surface area contributed by atoms with Crippen molar-refractivity contribution in [2.45, 2.75) is 6.61 Å². The number of ether oxygens (including phenoxy) is 4. The summed E-state index contributed by atoms with van der Waals surface area (Å²) in [5.41, 5.74) is 0.818. The molecule has 0 N–H and O–H groups in total. The number of nitrogens with zero attached hydrogens (tertiary/aromatic N) is 2. The fourth-order valence-electron chi connectivity index (χ4n) is 2.42. The van der Waals surface area contributed by atoms with Gasteiger partial charge in [-0.05, 0) is 36.4 Å². The normalized spacial score (nSPS) is 12.7. The van der Waals surface area contributed by atoms with E-state index in [9.17, 15) is 0 Å². The van der Waals surface area contributed by atoms with Crippen molar-refractivity contribution in [1.82, 2.24) is 10.2 Å². The van der Waals surface area contributed by atoms with E-state index in [1.165, 1.54) is 0 Å². The molecule has 0 bridgehead atoms. The second kappa shape index (κ2) is 6.72. The maximum absolute atomic E-state index is 5.69. The predicted octanol–water partition coefficient (Wildman–Crippen LogP) is 3.10. The molecule has 2 aromatic carbocycles. The minimum Gasteiger partial charge on any atom is -0.497 e. The third-order valence-electron chi connectivity index (χ3n) is 3.68. The molecule has 0 spiro atoms. The zero-order valence-electron chi connectivity index (χ0n) is 13.6. The van der Waals surface area contributed by atoms with Crippen molar-refractivity contribution < 1.29 is 23.4 Å². The van der Waals surface area contributed by atoms with E-state index in [1.54, 1.807) is 13.2 Å². The van der Waals surface area contributed by atoms with Crippen LogP contribution in [-0.4, -0.2) is 30.5 Å². The van der Waals surface area contributed by atoms with Crippen molar-refractivity contribution in [2.24, 2.45) is 0 Å². The summed E-state index contributed by atoms with van der Waals surface area (Å²) in [7, 11) is 1.62. The summed E-state index contributed by atoms with van der Waals surface area (Å²) in [5.74, 6) is 3.63. The second-order valence-electron chi connectivity index (χ2n) is 5.32. The molecule has 0 aliphatic carbocycles. The molecule has 7 nitrogen and oxygen atoms in total. The highest BCUT2D eigenvalue weighted by Gasteiger charge is 2.13. The molecule has 7 heteroatoms. The van der Waals surface area contributed by atoms with Crippen molar-refractivity contribution in [3.8, 4) is 34.5 Å². The van der Waals surface area contributed by atoms with Crippen LogP contribution in [0.2, 0.25) is 0 Å². The molecular formula is C18H16N2O5. The fraction of sp³-hybridized carbons (Fsp3) is 0.222. The molecule has 1 aromatic heterocycles. The Morgan fingerprint density at radius 3 is 2.48 bits per heavy atom. The van der Waals surface area contributed by atoms with E-state index in [2.05, 4.69) is 10.2 Å². The first kappa shape index (κ1) is 15.3. The first-order valence-corrected chi connectivity index (χ1v) is 7.81. The van der Waals surface area contributed by atoms with E-state index in [4.69, 9.17) is 23.4 Å². The zero-order valence-corrected chi connectivity index (χ0v) is 13.6. The summed E-state index contributed by atoms with van der Waals surface area (Å²) >= 11 is 0. The fourth-order valence-corrected chi connectivity index (χ4v) is 2.42. The number of aromatic nitrogens is 2. The van der Waals surface area contributed by atoms with Gasteiger partial charge in [-0.2, -0.15) is 0 Å². The molecule has 2 heterocycles. The molecule has 0 atom stereocenters. The Balaban J connectivity index is 1.42. The van der Waals surface area contributed by atoms with Gasteiger partial charge in [-0.15, -0.1) is 10.2 Å². The van der Waals surface area contributed by atoms with E-state index in [1.807, 2.05) is 36.4 Å². The van der Waals surface area contributed by atoms with Crippen LogP contribution in [0.4, 0.5) is 0 Å². The summed E-state index contributed by atoms with van der Waals surface area (Å²) in [4.78, 5) is 0. The minimum absolute atomic E-state index is 0.169. The van der Waals surface area contributed by atoms with Gasteiger partial charge in [-0.25, -0.2) is 0 Å². The molecule has 128 valence electrons. The van der Waals surface area contributed by atoms with Gasteiger partial charge in [0.15, 0.2) is 18.1 Å². The Labute approximate surface area is 144 Å². The van der Waals surface area contributed by atoms with Crippen molar-refractivity contribution in [2.75, 3.05) is 20.3 Å². The van der Waals surface area contributed by atoms with E-state index in [-0.39, 0.29) is 6.61 Å². The van der Waals surface area contributed by atoms with Gasteiger partial charge in [0.05, 0.1) is 7.11 Å². The van der Waals surface area contributed by atoms with Crippen LogP contribution in [0.3, 0.4) is 0 Å². The molecule has 0 saturated heterocycles. The van der Waals surface area contributed by atoms with E-state index in [0.717, 1.165) is 17.1 Å². The average Bonchev–Trinajstić information content (AvgIpc) is 3.15. The van der Waals surface area contributed by atoms with Crippen molar-refractivity contribution >= 4 is 0 Å². The van der Waals surface area contributed by atoms with Gasteiger partial charge in [0.25, 0.3) is 5.89 Å².